The van der Waals surface area contributed by atoms with Gasteiger partial charge >= 0.3 is 0 Å². The molecule has 1 aromatic heterocycles. The van der Waals surface area contributed by atoms with Crippen molar-refractivity contribution in [3.05, 3.63) is 69.3 Å². The van der Waals surface area contributed by atoms with Crippen molar-refractivity contribution < 1.29 is 14.3 Å². The molecular weight excluding hydrogens is 475 g/mol. The minimum Gasteiger partial charge on any atom is -0.495 e. The third kappa shape index (κ3) is 4.70. The van der Waals surface area contributed by atoms with Crippen molar-refractivity contribution >= 4 is 58.1 Å². The van der Waals surface area contributed by atoms with Gasteiger partial charge in [0.15, 0.2) is 0 Å². The SMILES string of the molecule is COc1ccc(Cl)cc1N1CC(C(=O)Nc2ccnn2Cc2ccc(Cl)cc2Cl)CC1=O. The van der Waals surface area contributed by atoms with Gasteiger partial charge in [-0.1, -0.05) is 40.9 Å². The van der Waals surface area contributed by atoms with Gasteiger partial charge in [-0.25, -0.2) is 4.68 Å². The van der Waals surface area contributed by atoms with Crippen molar-refractivity contribution in [2.45, 2.75) is 13.0 Å². The minimum absolute atomic E-state index is 0.0820. The quantitative estimate of drug-likeness (QED) is 0.530. The second kappa shape index (κ2) is 9.40. The molecule has 1 aliphatic heterocycles. The highest BCUT2D eigenvalue weighted by atomic mass is 35.5. The van der Waals surface area contributed by atoms with Crippen LogP contribution in [0.25, 0.3) is 0 Å². The van der Waals surface area contributed by atoms with Crippen LogP contribution in [0, 0.1) is 5.92 Å². The maximum absolute atomic E-state index is 12.9. The van der Waals surface area contributed by atoms with Gasteiger partial charge in [-0.3, -0.25) is 9.59 Å². The molecular formula is C22H19Cl3N4O3. The van der Waals surface area contributed by atoms with Gasteiger partial charge < -0.3 is 15.0 Å². The fourth-order valence-corrected chi connectivity index (χ4v) is 4.23. The number of aromatic nitrogens is 2. The fraction of sp³-hybridized carbons (Fsp3) is 0.227. The molecule has 1 fully saturated rings. The summed E-state index contributed by atoms with van der Waals surface area (Å²) in [5.74, 6) is 0.0422. The number of anilines is 2. The smallest absolute Gasteiger partial charge is 0.230 e. The van der Waals surface area contributed by atoms with Crippen LogP contribution >= 0.6 is 34.8 Å². The summed E-state index contributed by atoms with van der Waals surface area (Å²) < 4.78 is 6.97. The first-order valence-electron chi connectivity index (χ1n) is 9.76. The van der Waals surface area contributed by atoms with Gasteiger partial charge in [-0.15, -0.1) is 0 Å². The topological polar surface area (TPSA) is 76.5 Å². The molecule has 0 aliphatic carbocycles. The molecule has 0 bridgehead atoms. The lowest BCUT2D eigenvalue weighted by atomic mass is 10.1. The highest BCUT2D eigenvalue weighted by molar-refractivity contribution is 6.35. The van der Waals surface area contributed by atoms with Gasteiger partial charge in [0.2, 0.25) is 11.8 Å². The summed E-state index contributed by atoms with van der Waals surface area (Å²) in [6.07, 6.45) is 1.67. The number of hydrogen-bond acceptors (Lipinski definition) is 4. The fourth-order valence-electron chi connectivity index (χ4n) is 3.59. The number of halogens is 3. The van der Waals surface area contributed by atoms with E-state index < -0.39 is 5.92 Å². The number of benzene rings is 2. The highest BCUT2D eigenvalue weighted by Gasteiger charge is 2.36. The summed E-state index contributed by atoms with van der Waals surface area (Å²) in [4.78, 5) is 27.1. The zero-order chi connectivity index (χ0) is 22.8. The van der Waals surface area contributed by atoms with E-state index in [1.165, 1.54) is 12.0 Å². The van der Waals surface area contributed by atoms with E-state index in [0.717, 1.165) is 5.56 Å². The molecule has 3 aromatic rings. The molecule has 1 saturated heterocycles. The van der Waals surface area contributed by atoms with E-state index in [9.17, 15) is 9.59 Å². The first-order valence-corrected chi connectivity index (χ1v) is 10.9. The first kappa shape index (κ1) is 22.5. The molecule has 2 heterocycles. The summed E-state index contributed by atoms with van der Waals surface area (Å²) >= 11 is 18.3. The van der Waals surface area contributed by atoms with E-state index in [-0.39, 0.29) is 24.8 Å². The van der Waals surface area contributed by atoms with Gasteiger partial charge in [0.25, 0.3) is 0 Å². The average molecular weight is 494 g/mol. The van der Waals surface area contributed by atoms with Crippen LogP contribution in [0.3, 0.4) is 0 Å². The molecule has 10 heteroatoms. The Hall–Kier alpha value is -2.74. The Balaban J connectivity index is 1.47. The van der Waals surface area contributed by atoms with E-state index in [2.05, 4.69) is 10.4 Å². The van der Waals surface area contributed by atoms with Crippen LogP contribution in [0.2, 0.25) is 15.1 Å². The second-order valence-corrected chi connectivity index (χ2v) is 8.60. The van der Waals surface area contributed by atoms with E-state index in [1.807, 2.05) is 6.07 Å². The van der Waals surface area contributed by atoms with Crippen LogP contribution in [0.15, 0.2) is 48.7 Å². The third-order valence-electron chi connectivity index (χ3n) is 5.23. The Labute approximate surface area is 199 Å². The number of nitrogens with zero attached hydrogens (tertiary/aromatic N) is 3. The minimum atomic E-state index is -0.534. The summed E-state index contributed by atoms with van der Waals surface area (Å²) in [5.41, 5.74) is 1.35. The standard InChI is InChI=1S/C22H19Cl3N4O3/c1-32-19-5-4-16(24)10-18(19)28-11-14(8-21(28)30)22(31)27-20-6-7-26-29(20)12-13-2-3-15(23)9-17(13)25/h2-7,9-10,14H,8,11-12H2,1H3,(H,27,31). The zero-order valence-electron chi connectivity index (χ0n) is 17.0. The van der Waals surface area contributed by atoms with Crippen molar-refractivity contribution in [1.29, 1.82) is 0 Å². The monoisotopic (exact) mass is 492 g/mol. The number of carbonyl (C=O) groups excluding carboxylic acids is 2. The molecule has 4 rings (SSSR count). The summed E-state index contributed by atoms with van der Waals surface area (Å²) in [6, 6.07) is 11.9. The highest BCUT2D eigenvalue weighted by Crippen LogP contribution is 2.35. The molecule has 1 aliphatic rings. The average Bonchev–Trinajstić information content (AvgIpc) is 3.36. The molecule has 0 radical (unpaired) electrons. The number of methoxy groups -OCH3 is 1. The van der Waals surface area contributed by atoms with E-state index >= 15 is 0 Å². The lowest BCUT2D eigenvalue weighted by Crippen LogP contribution is -2.29. The van der Waals surface area contributed by atoms with Crippen LogP contribution in [-0.2, 0) is 16.1 Å². The predicted molar refractivity (Wildman–Crippen MR) is 125 cm³/mol. The number of ether oxygens (including phenoxy) is 1. The summed E-state index contributed by atoms with van der Waals surface area (Å²) in [6.45, 7) is 0.576. The zero-order valence-corrected chi connectivity index (χ0v) is 19.3. The van der Waals surface area contributed by atoms with Gasteiger partial charge in [-0.2, -0.15) is 5.10 Å². The molecule has 0 spiro atoms. The third-order valence-corrected chi connectivity index (χ3v) is 6.05. The normalized spacial score (nSPS) is 15.8. The van der Waals surface area contributed by atoms with Crippen LogP contribution in [0.4, 0.5) is 11.5 Å². The van der Waals surface area contributed by atoms with Crippen LogP contribution < -0.4 is 15.0 Å². The molecule has 2 aromatic carbocycles. The molecule has 1 N–H and O–H groups in total. The number of amides is 2. The van der Waals surface area contributed by atoms with Crippen molar-refractivity contribution in [3.63, 3.8) is 0 Å². The first-order chi connectivity index (χ1) is 15.4. The van der Waals surface area contributed by atoms with Gasteiger partial charge in [-0.05, 0) is 35.9 Å². The Kier molecular flexibility index (Phi) is 6.60. The second-order valence-electron chi connectivity index (χ2n) is 7.32. The van der Waals surface area contributed by atoms with Gasteiger partial charge in [0.1, 0.15) is 11.6 Å². The van der Waals surface area contributed by atoms with Crippen molar-refractivity contribution in [2.24, 2.45) is 5.92 Å². The number of carbonyl (C=O) groups is 2. The molecule has 1 unspecified atom stereocenters. The molecule has 7 nitrogen and oxygen atoms in total. The molecule has 2 amide bonds. The lowest BCUT2D eigenvalue weighted by Gasteiger charge is -2.20. The van der Waals surface area contributed by atoms with Crippen molar-refractivity contribution in [3.8, 4) is 5.75 Å². The Bertz CT molecular complexity index is 1180. The molecule has 166 valence electrons. The van der Waals surface area contributed by atoms with Gasteiger partial charge in [0, 0.05) is 34.1 Å². The number of rotatable bonds is 6. The Morgan fingerprint density at radius 3 is 2.66 bits per heavy atom. The maximum Gasteiger partial charge on any atom is 0.230 e. The van der Waals surface area contributed by atoms with Crippen LogP contribution in [-0.4, -0.2) is 35.2 Å². The van der Waals surface area contributed by atoms with Crippen molar-refractivity contribution in [2.75, 3.05) is 23.9 Å². The molecule has 0 saturated carbocycles. The summed E-state index contributed by atoms with van der Waals surface area (Å²) in [7, 11) is 1.52. The number of nitrogens with one attached hydrogen (secondary N) is 1. The Morgan fingerprint density at radius 2 is 1.91 bits per heavy atom. The van der Waals surface area contributed by atoms with Crippen LogP contribution in [0.1, 0.15) is 12.0 Å². The number of hydrogen-bond donors (Lipinski definition) is 1. The van der Waals surface area contributed by atoms with E-state index in [1.54, 1.807) is 47.3 Å². The molecule has 32 heavy (non-hydrogen) atoms. The van der Waals surface area contributed by atoms with Gasteiger partial charge in [0.05, 0.1) is 31.5 Å². The molecule has 1 atom stereocenters. The Morgan fingerprint density at radius 1 is 1.16 bits per heavy atom. The lowest BCUT2D eigenvalue weighted by molar-refractivity contribution is -0.122. The predicted octanol–water partition coefficient (Wildman–Crippen LogP) is 4.89. The largest absolute Gasteiger partial charge is 0.495 e. The van der Waals surface area contributed by atoms with Crippen LogP contribution in [0.5, 0.6) is 5.75 Å². The van der Waals surface area contributed by atoms with E-state index in [0.29, 0.717) is 38.9 Å². The van der Waals surface area contributed by atoms with Crippen molar-refractivity contribution in [1.82, 2.24) is 9.78 Å². The maximum atomic E-state index is 12.9. The van der Waals surface area contributed by atoms with E-state index in [4.69, 9.17) is 39.5 Å². The summed E-state index contributed by atoms with van der Waals surface area (Å²) in [5, 5.41) is 8.67.